The summed E-state index contributed by atoms with van der Waals surface area (Å²) in [5.74, 6) is -1.28. The van der Waals surface area contributed by atoms with E-state index < -0.39 is 16.0 Å². The molecule has 0 bridgehead atoms. The van der Waals surface area contributed by atoms with Crippen LogP contribution in [0.25, 0.3) is 10.1 Å². The van der Waals surface area contributed by atoms with E-state index in [9.17, 15) is 18.3 Å². The molecule has 0 spiro atoms. The summed E-state index contributed by atoms with van der Waals surface area (Å²) < 4.78 is 31.4. The van der Waals surface area contributed by atoms with Crippen LogP contribution >= 0.6 is 22.9 Å². The lowest BCUT2D eigenvalue weighted by Gasteiger charge is -2.05. The summed E-state index contributed by atoms with van der Waals surface area (Å²) >= 11 is 1.80. The topological polar surface area (TPSA) is 109 Å². The van der Waals surface area contributed by atoms with Crippen molar-refractivity contribution in [1.82, 2.24) is 9.59 Å². The first-order valence-corrected chi connectivity index (χ1v) is 8.61. The molecule has 0 fully saturated rings. The highest BCUT2D eigenvalue weighted by Gasteiger charge is 2.28. The summed E-state index contributed by atoms with van der Waals surface area (Å²) in [6.45, 7) is 0. The fourth-order valence-electron chi connectivity index (χ4n) is 1.82. The van der Waals surface area contributed by atoms with Crippen molar-refractivity contribution in [3.05, 3.63) is 35.3 Å². The van der Waals surface area contributed by atoms with Crippen LogP contribution in [0.4, 0.5) is 5.00 Å². The Bertz CT molecular complexity index is 916. The molecule has 2 aromatic heterocycles. The summed E-state index contributed by atoms with van der Waals surface area (Å²) in [6.07, 6.45) is 1.26. The van der Waals surface area contributed by atoms with Crippen molar-refractivity contribution in [3.63, 3.8) is 0 Å². The Balaban J connectivity index is 2.22. The van der Waals surface area contributed by atoms with E-state index in [2.05, 4.69) is 14.3 Å². The number of hydrogen-bond acceptors (Lipinski definition) is 7. The van der Waals surface area contributed by atoms with Gasteiger partial charge in [0, 0.05) is 21.6 Å². The predicted molar refractivity (Wildman–Crippen MR) is 79.5 cm³/mol. The van der Waals surface area contributed by atoms with Crippen LogP contribution in [-0.2, 0) is 10.0 Å². The van der Waals surface area contributed by atoms with Crippen molar-refractivity contribution in [2.24, 2.45) is 0 Å². The zero-order valence-corrected chi connectivity index (χ0v) is 12.6. The Kier molecular flexibility index (Phi) is 3.35. The molecule has 21 heavy (non-hydrogen) atoms. The Labute approximate surface area is 127 Å². The normalized spacial score (nSPS) is 11.6. The van der Waals surface area contributed by atoms with Crippen LogP contribution in [0.2, 0.25) is 0 Å². The number of rotatable bonds is 4. The summed E-state index contributed by atoms with van der Waals surface area (Å²) in [4.78, 5) is 10.9. The number of carboxylic acid groups (broad SMARTS) is 1. The quantitative estimate of drug-likeness (QED) is 0.753. The number of aromatic nitrogens is 2. The maximum atomic E-state index is 12.5. The van der Waals surface area contributed by atoms with Crippen LogP contribution in [0.15, 0.2) is 35.4 Å². The number of benzene rings is 1. The fraction of sp³-hybridized carbons (Fsp3) is 0. The van der Waals surface area contributed by atoms with Gasteiger partial charge in [0.05, 0.1) is 6.20 Å². The summed E-state index contributed by atoms with van der Waals surface area (Å²) in [6, 6.07) is 6.65. The molecule has 0 radical (unpaired) electrons. The van der Waals surface area contributed by atoms with Gasteiger partial charge in [-0.25, -0.2) is 13.2 Å². The fourth-order valence-corrected chi connectivity index (χ4v) is 5.25. The molecular formula is C11H7N3O4S3. The Hall–Kier alpha value is -2.04. The van der Waals surface area contributed by atoms with E-state index in [4.69, 9.17) is 0 Å². The first kappa shape index (κ1) is 13.9. The molecule has 0 saturated heterocycles. The largest absolute Gasteiger partial charge is 0.477 e. The van der Waals surface area contributed by atoms with Gasteiger partial charge < -0.3 is 5.11 Å². The highest BCUT2D eigenvalue weighted by Crippen LogP contribution is 2.35. The molecule has 0 unspecified atom stereocenters. The van der Waals surface area contributed by atoms with Crippen LogP contribution in [0.3, 0.4) is 0 Å². The van der Waals surface area contributed by atoms with Crippen LogP contribution in [0.1, 0.15) is 9.67 Å². The highest BCUT2D eigenvalue weighted by molar-refractivity contribution is 7.93. The van der Waals surface area contributed by atoms with E-state index in [0.717, 1.165) is 22.9 Å². The molecule has 0 saturated carbocycles. The lowest BCUT2D eigenvalue weighted by molar-refractivity contribution is 0.0698. The van der Waals surface area contributed by atoms with Gasteiger partial charge in [-0.15, -0.1) is 16.4 Å². The minimum absolute atomic E-state index is 0.221. The number of thiophene rings is 1. The van der Waals surface area contributed by atoms with Crippen molar-refractivity contribution in [1.29, 1.82) is 0 Å². The van der Waals surface area contributed by atoms with Crippen molar-refractivity contribution < 1.29 is 18.3 Å². The number of hydrogen-bond donors (Lipinski definition) is 2. The number of nitrogens with zero attached hydrogens (tertiary/aromatic N) is 2. The van der Waals surface area contributed by atoms with Crippen molar-refractivity contribution >= 4 is 53.9 Å². The number of fused-ring (bicyclic) bond motifs is 1. The van der Waals surface area contributed by atoms with Crippen LogP contribution < -0.4 is 4.72 Å². The smallest absolute Gasteiger partial charge is 0.347 e. The van der Waals surface area contributed by atoms with E-state index in [-0.39, 0.29) is 14.8 Å². The summed E-state index contributed by atoms with van der Waals surface area (Å²) in [5.41, 5.74) is 0. The van der Waals surface area contributed by atoms with Gasteiger partial charge >= 0.3 is 5.97 Å². The molecule has 108 valence electrons. The molecule has 3 rings (SSSR count). The third-order valence-electron chi connectivity index (χ3n) is 2.61. The summed E-state index contributed by atoms with van der Waals surface area (Å²) in [5, 5.41) is 13.4. The molecule has 0 aliphatic rings. The average molecular weight is 341 g/mol. The van der Waals surface area contributed by atoms with Crippen molar-refractivity contribution in [2.45, 2.75) is 4.90 Å². The monoisotopic (exact) mass is 341 g/mol. The second-order valence-corrected chi connectivity index (χ2v) is 7.41. The molecule has 1 aromatic carbocycles. The third-order valence-corrected chi connectivity index (χ3v) is 6.06. The van der Waals surface area contributed by atoms with Gasteiger partial charge in [-0.1, -0.05) is 22.7 Å². The molecule has 0 aliphatic heterocycles. The Morgan fingerprint density at radius 2 is 2.05 bits per heavy atom. The Morgan fingerprint density at radius 3 is 2.71 bits per heavy atom. The van der Waals surface area contributed by atoms with E-state index in [1.807, 2.05) is 0 Å². The minimum Gasteiger partial charge on any atom is -0.477 e. The van der Waals surface area contributed by atoms with E-state index in [1.165, 1.54) is 6.20 Å². The number of aromatic carboxylic acids is 1. The van der Waals surface area contributed by atoms with E-state index in [0.29, 0.717) is 10.1 Å². The number of sulfonamides is 1. The molecule has 0 amide bonds. The van der Waals surface area contributed by atoms with Crippen LogP contribution in [0, 0.1) is 0 Å². The standard InChI is InChI=1S/C11H7N3O4S3/c15-11(16)9-10(6-3-1-2-4-7(6)19-9)21(17,18)13-8-5-12-14-20-8/h1-5,13H,(H,15,16). The zero-order valence-electron chi connectivity index (χ0n) is 10.2. The van der Waals surface area contributed by atoms with Gasteiger partial charge in [0.1, 0.15) is 14.8 Å². The second kappa shape index (κ2) is 5.06. The zero-order chi connectivity index (χ0) is 15.0. The first-order chi connectivity index (χ1) is 9.99. The van der Waals surface area contributed by atoms with Crippen molar-refractivity contribution in [3.8, 4) is 0 Å². The molecule has 0 aliphatic carbocycles. The first-order valence-electron chi connectivity index (χ1n) is 5.54. The SMILES string of the molecule is O=C(O)c1sc2ccccc2c1S(=O)(=O)Nc1cnns1. The van der Waals surface area contributed by atoms with Gasteiger partial charge in [-0.2, -0.15) is 0 Å². The lowest BCUT2D eigenvalue weighted by atomic mass is 10.2. The van der Waals surface area contributed by atoms with E-state index in [1.54, 1.807) is 24.3 Å². The number of anilines is 1. The van der Waals surface area contributed by atoms with Gasteiger partial charge in [0.25, 0.3) is 10.0 Å². The molecule has 2 heterocycles. The minimum atomic E-state index is -4.03. The van der Waals surface area contributed by atoms with Crippen molar-refractivity contribution in [2.75, 3.05) is 4.72 Å². The molecule has 0 atom stereocenters. The average Bonchev–Trinajstić information content (AvgIpc) is 3.04. The van der Waals surface area contributed by atoms with Gasteiger partial charge in [0.15, 0.2) is 0 Å². The van der Waals surface area contributed by atoms with E-state index >= 15 is 0 Å². The predicted octanol–water partition coefficient (Wildman–Crippen LogP) is 2.25. The van der Waals surface area contributed by atoms with Gasteiger partial charge in [0.2, 0.25) is 0 Å². The maximum Gasteiger partial charge on any atom is 0.347 e. The summed E-state index contributed by atoms with van der Waals surface area (Å²) in [7, 11) is -4.03. The van der Waals surface area contributed by atoms with Crippen LogP contribution in [0.5, 0.6) is 0 Å². The highest BCUT2D eigenvalue weighted by atomic mass is 32.2. The Morgan fingerprint density at radius 1 is 1.29 bits per heavy atom. The maximum absolute atomic E-state index is 12.5. The second-order valence-electron chi connectivity index (χ2n) is 3.95. The molecule has 3 aromatic rings. The third kappa shape index (κ3) is 2.48. The van der Waals surface area contributed by atoms with Gasteiger partial charge in [-0.3, -0.25) is 4.72 Å². The molecule has 7 nitrogen and oxygen atoms in total. The number of nitrogens with one attached hydrogen (secondary N) is 1. The molecule has 10 heteroatoms. The molecular weight excluding hydrogens is 334 g/mol. The molecule has 2 N–H and O–H groups in total. The number of carbonyl (C=O) groups is 1. The van der Waals surface area contributed by atoms with Gasteiger partial charge in [-0.05, 0) is 6.07 Å². The van der Waals surface area contributed by atoms with Crippen LogP contribution in [-0.4, -0.2) is 29.1 Å². The number of carboxylic acids is 1. The lowest BCUT2D eigenvalue weighted by Crippen LogP contribution is -2.14.